The van der Waals surface area contributed by atoms with Gasteiger partial charge in [-0.2, -0.15) is 9.37 Å². The fourth-order valence-corrected chi connectivity index (χ4v) is 3.54. The number of nitrogens with zero attached hydrogens (tertiary/aromatic N) is 5. The Morgan fingerprint density at radius 2 is 1.84 bits per heavy atom. The van der Waals surface area contributed by atoms with Crippen LogP contribution < -0.4 is 10.2 Å². The molecular formula is C23H21FN6O. The molecule has 0 spiro atoms. The lowest BCUT2D eigenvalue weighted by molar-refractivity contribution is 0.122. The van der Waals surface area contributed by atoms with Crippen molar-refractivity contribution >= 4 is 28.4 Å². The molecular weight excluding hydrogens is 395 g/mol. The summed E-state index contributed by atoms with van der Waals surface area (Å²) in [6.07, 6.45) is 1.76. The van der Waals surface area contributed by atoms with Gasteiger partial charge in [-0.15, -0.1) is 0 Å². The lowest BCUT2D eigenvalue weighted by atomic mass is 10.1. The summed E-state index contributed by atoms with van der Waals surface area (Å²) in [5, 5.41) is 4.32. The number of morpholine rings is 1. The summed E-state index contributed by atoms with van der Waals surface area (Å²) in [7, 11) is 0. The number of anilines is 3. The first-order valence-corrected chi connectivity index (χ1v) is 10.1. The molecule has 8 heteroatoms. The summed E-state index contributed by atoms with van der Waals surface area (Å²) in [5.74, 6) is 0.533. The van der Waals surface area contributed by atoms with Crippen molar-refractivity contribution in [2.24, 2.45) is 0 Å². The molecule has 4 aromatic rings. The number of aromatic nitrogens is 4. The molecule has 5 rings (SSSR count). The fraction of sp³-hybridized carbons (Fsp3) is 0.217. The average molecular weight is 416 g/mol. The Morgan fingerprint density at radius 1 is 1.00 bits per heavy atom. The maximum atomic E-state index is 14.6. The van der Waals surface area contributed by atoms with E-state index < -0.39 is 5.95 Å². The van der Waals surface area contributed by atoms with Gasteiger partial charge in [0.2, 0.25) is 11.9 Å². The fourth-order valence-electron chi connectivity index (χ4n) is 3.54. The van der Waals surface area contributed by atoms with Crippen molar-refractivity contribution in [1.29, 1.82) is 0 Å². The van der Waals surface area contributed by atoms with Gasteiger partial charge < -0.3 is 15.0 Å². The first kappa shape index (κ1) is 19.3. The van der Waals surface area contributed by atoms with Gasteiger partial charge in [0.05, 0.1) is 41.9 Å². The van der Waals surface area contributed by atoms with Gasteiger partial charge in [-0.25, -0.2) is 9.97 Å². The van der Waals surface area contributed by atoms with E-state index in [2.05, 4.69) is 25.3 Å². The van der Waals surface area contributed by atoms with Gasteiger partial charge >= 0.3 is 0 Å². The van der Waals surface area contributed by atoms with Gasteiger partial charge in [-0.3, -0.25) is 4.98 Å². The third-order valence-electron chi connectivity index (χ3n) is 5.14. The number of benzene rings is 1. The normalized spacial score (nSPS) is 14.1. The van der Waals surface area contributed by atoms with E-state index in [-0.39, 0.29) is 0 Å². The molecule has 0 bridgehead atoms. The van der Waals surface area contributed by atoms with Crippen LogP contribution in [0.1, 0.15) is 5.69 Å². The van der Waals surface area contributed by atoms with E-state index >= 15 is 0 Å². The Balaban J connectivity index is 1.56. The molecule has 1 fully saturated rings. The molecule has 1 aromatic carbocycles. The lowest BCUT2D eigenvalue weighted by Gasteiger charge is -2.27. The topological polar surface area (TPSA) is 76.1 Å². The number of hydrogen-bond acceptors (Lipinski definition) is 7. The quantitative estimate of drug-likeness (QED) is 0.502. The minimum atomic E-state index is -0.551. The molecule has 156 valence electrons. The van der Waals surface area contributed by atoms with E-state index in [4.69, 9.17) is 4.74 Å². The maximum Gasteiger partial charge on any atom is 0.228 e. The van der Waals surface area contributed by atoms with Crippen molar-refractivity contribution in [3.63, 3.8) is 0 Å². The van der Waals surface area contributed by atoms with Gasteiger partial charge in [0, 0.05) is 30.2 Å². The second kappa shape index (κ2) is 8.23. The number of ether oxygens (including phenoxy) is 1. The van der Waals surface area contributed by atoms with Crippen molar-refractivity contribution in [2.45, 2.75) is 6.92 Å². The molecule has 0 radical (unpaired) electrons. The number of pyridine rings is 2. The zero-order chi connectivity index (χ0) is 21.2. The van der Waals surface area contributed by atoms with Gasteiger partial charge in [0.1, 0.15) is 5.82 Å². The van der Waals surface area contributed by atoms with Gasteiger partial charge in [-0.05, 0) is 31.2 Å². The summed E-state index contributed by atoms with van der Waals surface area (Å²) in [4.78, 5) is 19.8. The summed E-state index contributed by atoms with van der Waals surface area (Å²) < 4.78 is 20.1. The van der Waals surface area contributed by atoms with Crippen molar-refractivity contribution in [3.8, 4) is 11.3 Å². The zero-order valence-corrected chi connectivity index (χ0v) is 17.0. The second-order valence-electron chi connectivity index (χ2n) is 7.37. The third-order valence-corrected chi connectivity index (χ3v) is 5.14. The SMILES string of the molecule is Cc1ccc(-c2cc(Nc3cnc4ccccc4c3)nc(N3CCOCC3)n2)c(F)n1. The molecule has 4 heterocycles. The predicted molar refractivity (Wildman–Crippen MR) is 118 cm³/mol. The standard InChI is InChI=1S/C23H21FN6O/c1-15-6-7-18(22(24)26-15)20-13-21(29-23(28-20)30-8-10-31-11-9-30)27-17-12-16-4-2-3-5-19(16)25-14-17/h2-7,12-14H,8-11H2,1H3,(H,27,28,29). The first-order chi connectivity index (χ1) is 15.2. The molecule has 0 atom stereocenters. The number of rotatable bonds is 4. The van der Waals surface area contributed by atoms with Crippen LogP contribution in [0.5, 0.6) is 0 Å². The number of para-hydroxylation sites is 1. The van der Waals surface area contributed by atoms with E-state index in [1.54, 1.807) is 31.3 Å². The van der Waals surface area contributed by atoms with E-state index in [1.807, 2.05) is 35.2 Å². The predicted octanol–water partition coefficient (Wildman–Crippen LogP) is 4.11. The van der Waals surface area contributed by atoms with Gasteiger partial charge in [0.15, 0.2) is 0 Å². The van der Waals surface area contributed by atoms with Crippen LogP contribution >= 0.6 is 0 Å². The molecule has 0 amide bonds. The largest absolute Gasteiger partial charge is 0.378 e. The van der Waals surface area contributed by atoms with Gasteiger partial charge in [-0.1, -0.05) is 18.2 Å². The maximum absolute atomic E-state index is 14.6. The smallest absolute Gasteiger partial charge is 0.228 e. The van der Waals surface area contributed by atoms with Crippen LogP contribution in [0.4, 0.5) is 21.8 Å². The molecule has 3 aromatic heterocycles. The van der Waals surface area contributed by atoms with Crippen molar-refractivity contribution in [3.05, 3.63) is 66.4 Å². The highest BCUT2D eigenvalue weighted by atomic mass is 19.1. The molecule has 1 aliphatic heterocycles. The van der Waals surface area contributed by atoms with Crippen LogP contribution in [0.3, 0.4) is 0 Å². The first-order valence-electron chi connectivity index (χ1n) is 10.1. The Hall–Kier alpha value is -3.65. The molecule has 7 nitrogen and oxygen atoms in total. The number of fused-ring (bicyclic) bond motifs is 1. The highest BCUT2D eigenvalue weighted by molar-refractivity contribution is 5.82. The lowest BCUT2D eigenvalue weighted by Crippen LogP contribution is -2.37. The highest BCUT2D eigenvalue weighted by Crippen LogP contribution is 2.27. The van der Waals surface area contributed by atoms with E-state index in [9.17, 15) is 4.39 Å². The second-order valence-corrected chi connectivity index (χ2v) is 7.37. The number of halogens is 1. The molecule has 1 aliphatic rings. The summed E-state index contributed by atoms with van der Waals surface area (Å²) in [5.41, 5.74) is 3.13. The number of aryl methyl sites for hydroxylation is 1. The average Bonchev–Trinajstić information content (AvgIpc) is 2.79. The Bertz CT molecular complexity index is 1240. The molecule has 1 N–H and O–H groups in total. The third kappa shape index (κ3) is 4.15. The molecule has 31 heavy (non-hydrogen) atoms. The van der Waals surface area contributed by atoms with Crippen molar-refractivity contribution < 1.29 is 9.13 Å². The van der Waals surface area contributed by atoms with Crippen LogP contribution in [0.15, 0.2) is 54.7 Å². The van der Waals surface area contributed by atoms with Crippen LogP contribution in [0.25, 0.3) is 22.2 Å². The van der Waals surface area contributed by atoms with Crippen LogP contribution in [0.2, 0.25) is 0 Å². The number of hydrogen-bond donors (Lipinski definition) is 1. The molecule has 0 saturated carbocycles. The molecule has 1 saturated heterocycles. The Kier molecular flexibility index (Phi) is 5.13. The van der Waals surface area contributed by atoms with E-state index in [1.165, 1.54) is 0 Å². The minimum Gasteiger partial charge on any atom is -0.378 e. The molecule has 0 unspecified atom stereocenters. The van der Waals surface area contributed by atoms with Crippen LogP contribution in [-0.2, 0) is 4.74 Å². The Labute approximate surface area is 179 Å². The van der Waals surface area contributed by atoms with Crippen LogP contribution in [0, 0.1) is 12.9 Å². The summed E-state index contributed by atoms with van der Waals surface area (Å²) in [6.45, 7) is 4.31. The minimum absolute atomic E-state index is 0.335. The monoisotopic (exact) mass is 416 g/mol. The summed E-state index contributed by atoms with van der Waals surface area (Å²) in [6, 6.07) is 15.1. The summed E-state index contributed by atoms with van der Waals surface area (Å²) >= 11 is 0. The van der Waals surface area contributed by atoms with E-state index in [0.29, 0.717) is 55.0 Å². The highest BCUT2D eigenvalue weighted by Gasteiger charge is 2.18. The number of nitrogens with one attached hydrogen (secondary N) is 1. The van der Waals surface area contributed by atoms with Gasteiger partial charge in [0.25, 0.3) is 0 Å². The Morgan fingerprint density at radius 3 is 2.68 bits per heavy atom. The molecule has 0 aliphatic carbocycles. The van der Waals surface area contributed by atoms with E-state index in [0.717, 1.165) is 16.6 Å². The van der Waals surface area contributed by atoms with Crippen LogP contribution in [-0.4, -0.2) is 46.2 Å². The van der Waals surface area contributed by atoms with Crippen molar-refractivity contribution in [2.75, 3.05) is 36.5 Å². The van der Waals surface area contributed by atoms with Crippen molar-refractivity contribution in [1.82, 2.24) is 19.9 Å². The zero-order valence-electron chi connectivity index (χ0n) is 17.0.